The normalized spacial score (nSPS) is 30.7. The molecule has 0 N–H and O–H groups in total. The van der Waals surface area contributed by atoms with Crippen LogP contribution in [0, 0.1) is 11.3 Å². The Balaban J connectivity index is 3.03. The van der Waals surface area contributed by atoms with Gasteiger partial charge in [-0.2, -0.15) is 0 Å². The monoisotopic (exact) mass is 286 g/mol. The Morgan fingerprint density at radius 1 is 1.21 bits per heavy atom. The zero-order valence-electron chi connectivity index (χ0n) is 14.0. The minimum atomic E-state index is -1.91. The van der Waals surface area contributed by atoms with Gasteiger partial charge in [0.2, 0.25) is 0 Å². The lowest BCUT2D eigenvalue weighted by Gasteiger charge is -2.61. The fourth-order valence-electron chi connectivity index (χ4n) is 2.59. The summed E-state index contributed by atoms with van der Waals surface area (Å²) in [5.41, 5.74) is -0.398. The molecular weight excluding hydrogens is 256 g/mol. The number of rotatable bonds is 3. The first kappa shape index (κ1) is 16.7. The lowest BCUT2D eigenvalue weighted by atomic mass is 9.53. The van der Waals surface area contributed by atoms with Crippen molar-refractivity contribution in [3.63, 3.8) is 0 Å². The highest BCUT2D eigenvalue weighted by atomic mass is 28.4. The highest BCUT2D eigenvalue weighted by Gasteiger charge is 2.64. The third-order valence-electron chi connectivity index (χ3n) is 5.48. The molecule has 19 heavy (non-hydrogen) atoms. The van der Waals surface area contributed by atoms with Crippen molar-refractivity contribution in [2.75, 3.05) is 7.11 Å². The molecule has 1 aliphatic carbocycles. The summed E-state index contributed by atoms with van der Waals surface area (Å²) in [4.78, 5) is 11.9. The summed E-state index contributed by atoms with van der Waals surface area (Å²) in [7, 11) is -0.448. The van der Waals surface area contributed by atoms with Gasteiger partial charge in [-0.25, -0.2) is 0 Å². The van der Waals surface area contributed by atoms with Crippen molar-refractivity contribution in [2.45, 2.75) is 71.7 Å². The molecule has 0 spiro atoms. The van der Waals surface area contributed by atoms with Crippen LogP contribution in [0.15, 0.2) is 0 Å². The molecule has 0 aliphatic heterocycles. The predicted octanol–water partition coefficient (Wildman–Crippen LogP) is 3.99. The smallest absolute Gasteiger partial charge is 0.311 e. The van der Waals surface area contributed by atoms with E-state index in [0.717, 1.165) is 6.42 Å². The first-order valence-corrected chi connectivity index (χ1v) is 9.97. The fourth-order valence-corrected chi connectivity index (χ4v) is 4.38. The van der Waals surface area contributed by atoms with E-state index >= 15 is 0 Å². The standard InChI is InChI=1S/C15H30O3Si/c1-13(2,3)19(8,9)18-15(6)11(12(16)17-7)10-14(15,4)5/h11H,10H2,1-9H3/t11?,15-/m1/s1. The average Bonchev–Trinajstić information content (AvgIpc) is 2.22. The van der Waals surface area contributed by atoms with Crippen LogP contribution in [-0.4, -0.2) is 27.0 Å². The molecule has 3 nitrogen and oxygen atoms in total. The van der Waals surface area contributed by atoms with Gasteiger partial charge >= 0.3 is 5.97 Å². The maximum Gasteiger partial charge on any atom is 0.311 e. The fraction of sp³-hybridized carbons (Fsp3) is 0.933. The van der Waals surface area contributed by atoms with Gasteiger partial charge in [-0.1, -0.05) is 34.6 Å². The predicted molar refractivity (Wildman–Crippen MR) is 80.6 cm³/mol. The Labute approximate surface area is 119 Å². The lowest BCUT2D eigenvalue weighted by Crippen LogP contribution is -2.67. The van der Waals surface area contributed by atoms with Crippen molar-refractivity contribution in [2.24, 2.45) is 11.3 Å². The van der Waals surface area contributed by atoms with Crippen LogP contribution in [0.1, 0.15) is 48.0 Å². The SMILES string of the molecule is COC(=O)C1CC(C)(C)[C@]1(C)O[Si](C)(C)C(C)(C)C. The summed E-state index contributed by atoms with van der Waals surface area (Å²) in [5, 5.41) is 0.141. The summed E-state index contributed by atoms with van der Waals surface area (Å²) >= 11 is 0. The Kier molecular flexibility index (Phi) is 4.03. The number of carbonyl (C=O) groups is 1. The average molecular weight is 286 g/mol. The van der Waals surface area contributed by atoms with E-state index in [4.69, 9.17) is 9.16 Å². The third kappa shape index (κ3) is 2.61. The third-order valence-corrected chi connectivity index (χ3v) is 10.0. The van der Waals surface area contributed by atoms with Crippen molar-refractivity contribution in [1.29, 1.82) is 0 Å². The molecule has 1 unspecified atom stereocenters. The molecular formula is C15H30O3Si. The summed E-state index contributed by atoms with van der Waals surface area (Å²) in [6, 6.07) is 0. The van der Waals surface area contributed by atoms with Crippen LogP contribution in [0.25, 0.3) is 0 Å². The number of hydrogen-bond donors (Lipinski definition) is 0. The van der Waals surface area contributed by atoms with Crippen molar-refractivity contribution < 1.29 is 14.0 Å². The van der Waals surface area contributed by atoms with Crippen molar-refractivity contribution in [3.8, 4) is 0 Å². The van der Waals surface area contributed by atoms with Crippen LogP contribution >= 0.6 is 0 Å². The van der Waals surface area contributed by atoms with Gasteiger partial charge in [0.05, 0.1) is 18.6 Å². The summed E-state index contributed by atoms with van der Waals surface area (Å²) < 4.78 is 11.6. The van der Waals surface area contributed by atoms with Gasteiger partial charge in [-0.05, 0) is 36.9 Å². The van der Waals surface area contributed by atoms with Gasteiger partial charge in [-0.15, -0.1) is 0 Å². The van der Waals surface area contributed by atoms with Crippen LogP contribution < -0.4 is 0 Å². The van der Waals surface area contributed by atoms with E-state index in [1.807, 2.05) is 0 Å². The minimum absolute atomic E-state index is 0.0153. The van der Waals surface area contributed by atoms with Crippen LogP contribution in [0.5, 0.6) is 0 Å². The second kappa shape index (κ2) is 4.59. The Hall–Kier alpha value is -0.353. The molecule has 0 radical (unpaired) electrons. The van der Waals surface area contributed by atoms with Gasteiger partial charge in [0, 0.05) is 0 Å². The number of esters is 1. The van der Waals surface area contributed by atoms with E-state index < -0.39 is 13.9 Å². The molecule has 112 valence electrons. The maximum atomic E-state index is 11.9. The molecule has 4 heteroatoms. The number of carbonyl (C=O) groups excluding carboxylic acids is 1. The first-order valence-electron chi connectivity index (χ1n) is 7.06. The molecule has 0 heterocycles. The molecule has 2 atom stereocenters. The summed E-state index contributed by atoms with van der Waals surface area (Å²) in [6.45, 7) is 17.6. The molecule has 0 aromatic heterocycles. The van der Waals surface area contributed by atoms with Gasteiger partial charge in [0.25, 0.3) is 0 Å². The maximum absolute atomic E-state index is 11.9. The number of methoxy groups -OCH3 is 1. The van der Waals surface area contributed by atoms with Crippen LogP contribution in [0.2, 0.25) is 18.1 Å². The Morgan fingerprint density at radius 2 is 1.68 bits per heavy atom. The van der Waals surface area contributed by atoms with Crippen molar-refractivity contribution in [3.05, 3.63) is 0 Å². The zero-order valence-corrected chi connectivity index (χ0v) is 15.0. The number of hydrogen-bond acceptors (Lipinski definition) is 3. The quantitative estimate of drug-likeness (QED) is 0.581. The number of ether oxygens (including phenoxy) is 1. The topological polar surface area (TPSA) is 35.5 Å². The van der Waals surface area contributed by atoms with Crippen LogP contribution in [-0.2, 0) is 14.0 Å². The van der Waals surface area contributed by atoms with E-state index in [1.54, 1.807) is 0 Å². The second-order valence-electron chi connectivity index (χ2n) is 8.13. The highest BCUT2D eigenvalue weighted by molar-refractivity contribution is 6.74. The highest BCUT2D eigenvalue weighted by Crippen LogP contribution is 2.58. The van der Waals surface area contributed by atoms with Crippen LogP contribution in [0.3, 0.4) is 0 Å². The van der Waals surface area contributed by atoms with E-state index in [1.165, 1.54) is 7.11 Å². The zero-order chi connectivity index (χ0) is 15.3. The summed E-state index contributed by atoms with van der Waals surface area (Å²) in [5.74, 6) is -0.276. The lowest BCUT2D eigenvalue weighted by molar-refractivity contribution is -0.201. The van der Waals surface area contributed by atoms with E-state index in [2.05, 4.69) is 54.6 Å². The van der Waals surface area contributed by atoms with Gasteiger partial charge in [-0.3, -0.25) is 4.79 Å². The van der Waals surface area contributed by atoms with E-state index in [0.29, 0.717) is 0 Å². The van der Waals surface area contributed by atoms with E-state index in [-0.39, 0.29) is 22.3 Å². The van der Waals surface area contributed by atoms with E-state index in [9.17, 15) is 4.79 Å². The Morgan fingerprint density at radius 3 is 2.00 bits per heavy atom. The molecule has 0 bridgehead atoms. The minimum Gasteiger partial charge on any atom is -0.469 e. The van der Waals surface area contributed by atoms with Gasteiger partial charge < -0.3 is 9.16 Å². The van der Waals surface area contributed by atoms with Crippen molar-refractivity contribution >= 4 is 14.3 Å². The molecule has 0 aromatic carbocycles. The molecule has 1 fully saturated rings. The molecule has 1 saturated carbocycles. The van der Waals surface area contributed by atoms with Gasteiger partial charge in [0.1, 0.15) is 0 Å². The Bertz CT molecular complexity index is 368. The summed E-state index contributed by atoms with van der Waals surface area (Å²) in [6.07, 6.45) is 0.838. The molecule has 0 saturated heterocycles. The van der Waals surface area contributed by atoms with Gasteiger partial charge in [0.15, 0.2) is 8.32 Å². The molecule has 0 amide bonds. The second-order valence-corrected chi connectivity index (χ2v) is 12.9. The molecule has 1 rings (SSSR count). The first-order chi connectivity index (χ1) is 8.28. The largest absolute Gasteiger partial charge is 0.469 e. The van der Waals surface area contributed by atoms with Crippen molar-refractivity contribution in [1.82, 2.24) is 0 Å². The van der Waals surface area contributed by atoms with Crippen LogP contribution in [0.4, 0.5) is 0 Å². The molecule has 0 aromatic rings. The molecule has 1 aliphatic rings.